The smallest absolute Gasteiger partial charge is 0.0520 e. The molecule has 2 nitrogen and oxygen atoms in total. The molecule has 0 aliphatic carbocycles. The fourth-order valence-corrected chi connectivity index (χ4v) is 2.39. The first-order valence-electron chi connectivity index (χ1n) is 4.78. The van der Waals surface area contributed by atoms with Gasteiger partial charge in [-0.2, -0.15) is 13.3 Å². The second-order valence-corrected chi connectivity index (χ2v) is 4.61. The minimum Gasteiger partial charge on any atom is -0.380 e. The van der Waals surface area contributed by atoms with Crippen LogP contribution in [-0.4, -0.2) is 38.3 Å². The molecule has 0 bridgehead atoms. The molecular weight excluding hydrogens is 202 g/mol. The first-order valence-corrected chi connectivity index (χ1v) is 4.78. The summed E-state index contributed by atoms with van der Waals surface area (Å²) in [4.78, 5) is 2.42. The van der Waals surface area contributed by atoms with Crippen molar-refractivity contribution in [3.8, 4) is 0 Å². The van der Waals surface area contributed by atoms with E-state index in [1.807, 2.05) is 0 Å². The SMILES string of the molecule is C[C-]1CN(C)CCC2(COC2)C1.[Cr]. The predicted molar refractivity (Wildman–Crippen MR) is 48.9 cm³/mol. The van der Waals surface area contributed by atoms with Crippen LogP contribution in [0, 0.1) is 11.3 Å². The maximum atomic E-state index is 5.32. The van der Waals surface area contributed by atoms with Crippen LogP contribution in [0.25, 0.3) is 0 Å². The van der Waals surface area contributed by atoms with Crippen LogP contribution >= 0.6 is 0 Å². The van der Waals surface area contributed by atoms with Crippen molar-refractivity contribution in [1.29, 1.82) is 0 Å². The Kier molecular flexibility index (Phi) is 3.83. The summed E-state index contributed by atoms with van der Waals surface area (Å²) in [5.41, 5.74) is 0.537. The summed E-state index contributed by atoms with van der Waals surface area (Å²) in [7, 11) is 2.21. The number of likely N-dealkylation sites (tertiary alicyclic amines) is 1. The Balaban J connectivity index is 0.000000845. The molecule has 2 aliphatic heterocycles. The largest absolute Gasteiger partial charge is 0.380 e. The summed E-state index contributed by atoms with van der Waals surface area (Å²) in [5, 5.41) is 0. The van der Waals surface area contributed by atoms with Gasteiger partial charge in [0, 0.05) is 17.4 Å². The van der Waals surface area contributed by atoms with Crippen molar-refractivity contribution >= 4 is 0 Å². The van der Waals surface area contributed by atoms with Crippen LogP contribution in [-0.2, 0) is 22.1 Å². The van der Waals surface area contributed by atoms with Gasteiger partial charge in [0.05, 0.1) is 13.2 Å². The topological polar surface area (TPSA) is 12.5 Å². The summed E-state index contributed by atoms with van der Waals surface area (Å²) in [6.07, 6.45) is 2.61. The molecule has 13 heavy (non-hydrogen) atoms. The van der Waals surface area contributed by atoms with Gasteiger partial charge in [-0.3, -0.25) is 0 Å². The summed E-state index contributed by atoms with van der Waals surface area (Å²) in [6, 6.07) is 0. The van der Waals surface area contributed by atoms with E-state index >= 15 is 0 Å². The van der Waals surface area contributed by atoms with E-state index in [1.54, 1.807) is 5.92 Å². The quantitative estimate of drug-likeness (QED) is 0.571. The molecule has 0 aromatic rings. The van der Waals surface area contributed by atoms with E-state index in [4.69, 9.17) is 4.74 Å². The molecule has 76 valence electrons. The zero-order valence-electron chi connectivity index (χ0n) is 8.51. The molecule has 2 heterocycles. The van der Waals surface area contributed by atoms with E-state index < -0.39 is 0 Å². The van der Waals surface area contributed by atoms with Crippen LogP contribution < -0.4 is 0 Å². The van der Waals surface area contributed by atoms with Gasteiger partial charge in [-0.25, -0.2) is 0 Å². The van der Waals surface area contributed by atoms with Crippen molar-refractivity contribution in [3.63, 3.8) is 0 Å². The van der Waals surface area contributed by atoms with Crippen molar-refractivity contribution in [1.82, 2.24) is 4.90 Å². The minimum atomic E-state index is 0. The van der Waals surface area contributed by atoms with Crippen molar-refractivity contribution in [3.05, 3.63) is 5.92 Å². The summed E-state index contributed by atoms with van der Waals surface area (Å²) < 4.78 is 5.32. The third-order valence-electron chi connectivity index (χ3n) is 3.06. The number of ether oxygens (including phenoxy) is 1. The standard InChI is InChI=1S/C10H18NO.Cr/c1-9-5-10(7-12-8-10)3-4-11(2)6-9;/h3-8H2,1-2H3;/q-1;. The van der Waals surface area contributed by atoms with Gasteiger partial charge in [0.25, 0.3) is 0 Å². The van der Waals surface area contributed by atoms with Crippen molar-refractivity contribution in [2.45, 2.75) is 19.8 Å². The minimum absolute atomic E-state index is 0. The predicted octanol–water partition coefficient (Wildman–Crippen LogP) is 1.32. The molecule has 0 N–H and O–H groups in total. The number of rotatable bonds is 0. The van der Waals surface area contributed by atoms with Crippen LogP contribution in [0.4, 0.5) is 0 Å². The van der Waals surface area contributed by atoms with Gasteiger partial charge in [-0.15, -0.1) is 6.54 Å². The molecule has 0 unspecified atom stereocenters. The number of hydrogen-bond donors (Lipinski definition) is 0. The third-order valence-corrected chi connectivity index (χ3v) is 3.06. The van der Waals surface area contributed by atoms with Gasteiger partial charge in [-0.05, 0) is 25.4 Å². The second kappa shape index (κ2) is 4.32. The molecular formula is C10H18CrNO-. The Hall–Kier alpha value is 0.452. The van der Waals surface area contributed by atoms with E-state index in [2.05, 4.69) is 18.9 Å². The van der Waals surface area contributed by atoms with Gasteiger partial charge in [-0.1, -0.05) is 0 Å². The Bertz CT molecular complexity index is 170. The summed E-state index contributed by atoms with van der Waals surface area (Å²) in [5.74, 6) is 1.62. The molecule has 0 aromatic carbocycles. The molecule has 3 heteroatoms. The van der Waals surface area contributed by atoms with Gasteiger partial charge in [0.1, 0.15) is 0 Å². The Morgan fingerprint density at radius 2 is 2.08 bits per heavy atom. The van der Waals surface area contributed by atoms with Crippen LogP contribution in [0.3, 0.4) is 0 Å². The molecule has 2 saturated heterocycles. The zero-order valence-corrected chi connectivity index (χ0v) is 9.78. The zero-order chi connectivity index (χ0) is 8.60. The summed E-state index contributed by atoms with van der Waals surface area (Å²) >= 11 is 0. The molecule has 0 saturated carbocycles. The molecule has 0 amide bonds. The number of hydrogen-bond acceptors (Lipinski definition) is 2. The average molecular weight is 220 g/mol. The van der Waals surface area contributed by atoms with Crippen molar-refractivity contribution in [2.24, 2.45) is 5.41 Å². The van der Waals surface area contributed by atoms with Crippen molar-refractivity contribution in [2.75, 3.05) is 33.4 Å². The Morgan fingerprint density at radius 3 is 2.62 bits per heavy atom. The van der Waals surface area contributed by atoms with E-state index in [9.17, 15) is 0 Å². The maximum absolute atomic E-state index is 5.32. The molecule has 2 aliphatic rings. The van der Waals surface area contributed by atoms with Crippen LogP contribution in [0.5, 0.6) is 0 Å². The molecule has 1 spiro atoms. The molecule has 0 aromatic heterocycles. The van der Waals surface area contributed by atoms with E-state index in [1.165, 1.54) is 25.9 Å². The van der Waals surface area contributed by atoms with Gasteiger partial charge >= 0.3 is 0 Å². The van der Waals surface area contributed by atoms with Gasteiger partial charge in [0.2, 0.25) is 0 Å². The normalized spacial score (nSPS) is 29.1. The third kappa shape index (κ3) is 2.47. The molecule has 0 radical (unpaired) electrons. The first-order chi connectivity index (χ1) is 5.70. The van der Waals surface area contributed by atoms with E-state index in [0.717, 1.165) is 13.2 Å². The average Bonchev–Trinajstić information content (AvgIpc) is 2.07. The first kappa shape index (κ1) is 11.5. The monoisotopic (exact) mass is 220 g/mol. The van der Waals surface area contributed by atoms with Crippen LogP contribution in [0.1, 0.15) is 19.8 Å². The second-order valence-electron chi connectivity index (χ2n) is 4.61. The van der Waals surface area contributed by atoms with E-state index in [0.29, 0.717) is 5.41 Å². The van der Waals surface area contributed by atoms with Gasteiger partial charge in [0.15, 0.2) is 0 Å². The van der Waals surface area contributed by atoms with Crippen LogP contribution in [0.2, 0.25) is 0 Å². The Labute approximate surface area is 91.8 Å². The fraction of sp³-hybridized carbons (Fsp3) is 0.900. The number of nitrogens with zero attached hydrogens (tertiary/aromatic N) is 1. The molecule has 0 atom stereocenters. The molecule has 2 fully saturated rings. The molecule has 2 rings (SSSR count). The van der Waals surface area contributed by atoms with Crippen molar-refractivity contribution < 1.29 is 22.1 Å². The van der Waals surface area contributed by atoms with E-state index in [-0.39, 0.29) is 17.4 Å². The van der Waals surface area contributed by atoms with Crippen LogP contribution in [0.15, 0.2) is 0 Å². The van der Waals surface area contributed by atoms with Gasteiger partial charge < -0.3 is 15.6 Å². The summed E-state index contributed by atoms with van der Waals surface area (Å²) in [6.45, 7) is 6.70. The maximum Gasteiger partial charge on any atom is 0.0520 e. The Morgan fingerprint density at radius 1 is 1.38 bits per heavy atom. The fourth-order valence-electron chi connectivity index (χ4n) is 2.39.